The molecule has 3 aromatic rings. The smallest absolute Gasteiger partial charge is 0.290 e. The first kappa shape index (κ1) is 16.1. The van der Waals surface area contributed by atoms with Gasteiger partial charge in [-0.05, 0) is 43.5 Å². The summed E-state index contributed by atoms with van der Waals surface area (Å²) in [6, 6.07) is 9.57. The van der Waals surface area contributed by atoms with Crippen LogP contribution in [0.5, 0.6) is 0 Å². The van der Waals surface area contributed by atoms with E-state index in [2.05, 4.69) is 20.9 Å². The third-order valence-corrected chi connectivity index (χ3v) is 4.36. The minimum atomic E-state index is -0.529. The summed E-state index contributed by atoms with van der Waals surface area (Å²) in [4.78, 5) is 27.2. The van der Waals surface area contributed by atoms with Crippen LogP contribution in [0.25, 0.3) is 5.69 Å². The number of halogens is 1. The first-order chi connectivity index (χ1) is 12.6. The van der Waals surface area contributed by atoms with E-state index in [1.807, 2.05) is 0 Å². The molecule has 0 spiro atoms. The van der Waals surface area contributed by atoms with Crippen molar-refractivity contribution in [2.45, 2.75) is 19.3 Å². The highest BCUT2D eigenvalue weighted by Gasteiger charge is 2.28. The lowest BCUT2D eigenvalue weighted by molar-refractivity contribution is 0.0841. The average Bonchev–Trinajstić information content (AvgIpc) is 3.37. The number of fused-ring (bicyclic) bond motifs is 1. The van der Waals surface area contributed by atoms with E-state index in [1.165, 1.54) is 10.7 Å². The Morgan fingerprint density at radius 1 is 1.08 bits per heavy atom. The Morgan fingerprint density at radius 3 is 2.65 bits per heavy atom. The molecule has 1 aliphatic rings. The van der Waals surface area contributed by atoms with Crippen LogP contribution in [0.1, 0.15) is 38.7 Å². The van der Waals surface area contributed by atoms with Gasteiger partial charge in [0.15, 0.2) is 5.69 Å². The second-order valence-corrected chi connectivity index (χ2v) is 5.98. The van der Waals surface area contributed by atoms with Crippen molar-refractivity contribution in [1.82, 2.24) is 25.6 Å². The fraction of sp³-hybridized carbons (Fsp3) is 0.167. The predicted octanol–water partition coefficient (Wildman–Crippen LogP) is 1.90. The van der Waals surface area contributed by atoms with E-state index in [0.29, 0.717) is 17.8 Å². The van der Waals surface area contributed by atoms with Crippen LogP contribution >= 0.6 is 0 Å². The van der Waals surface area contributed by atoms with Crippen molar-refractivity contribution in [3.8, 4) is 5.69 Å². The third-order valence-electron chi connectivity index (χ3n) is 4.36. The van der Waals surface area contributed by atoms with E-state index in [1.54, 1.807) is 36.5 Å². The number of benzene rings is 1. The Bertz CT molecular complexity index is 978. The third kappa shape index (κ3) is 2.75. The fourth-order valence-corrected chi connectivity index (χ4v) is 3.15. The van der Waals surface area contributed by atoms with E-state index in [4.69, 9.17) is 0 Å². The largest absolute Gasteiger partial charge is 0.357 e. The Labute approximate surface area is 148 Å². The molecule has 0 bridgehead atoms. The van der Waals surface area contributed by atoms with E-state index >= 15 is 0 Å². The summed E-state index contributed by atoms with van der Waals surface area (Å²) in [7, 11) is 0. The summed E-state index contributed by atoms with van der Waals surface area (Å²) in [5.74, 6) is -1.40. The number of nitrogens with one attached hydrogen (secondary N) is 3. The van der Waals surface area contributed by atoms with E-state index in [0.717, 1.165) is 24.1 Å². The maximum atomic E-state index is 14.1. The molecule has 7 nitrogen and oxygen atoms in total. The lowest BCUT2D eigenvalue weighted by Crippen LogP contribution is -2.42. The Morgan fingerprint density at radius 2 is 1.88 bits per heavy atom. The second-order valence-electron chi connectivity index (χ2n) is 5.98. The van der Waals surface area contributed by atoms with Crippen LogP contribution in [0.15, 0.2) is 42.6 Å². The molecule has 4 rings (SSSR count). The molecule has 8 heteroatoms. The van der Waals surface area contributed by atoms with Crippen LogP contribution in [0.2, 0.25) is 0 Å². The summed E-state index contributed by atoms with van der Waals surface area (Å²) in [5, 5.41) is 4.31. The van der Waals surface area contributed by atoms with Gasteiger partial charge in [0.2, 0.25) is 0 Å². The number of amides is 2. The minimum absolute atomic E-state index is 0.201. The molecule has 0 saturated carbocycles. The first-order valence-corrected chi connectivity index (χ1v) is 8.25. The summed E-state index contributed by atoms with van der Waals surface area (Å²) < 4.78 is 15.6. The van der Waals surface area contributed by atoms with Gasteiger partial charge in [-0.15, -0.1) is 0 Å². The summed E-state index contributed by atoms with van der Waals surface area (Å²) >= 11 is 0. The van der Waals surface area contributed by atoms with Crippen molar-refractivity contribution >= 4 is 11.8 Å². The number of aromatic nitrogens is 3. The van der Waals surface area contributed by atoms with E-state index in [9.17, 15) is 14.0 Å². The van der Waals surface area contributed by atoms with Crippen LogP contribution in [0, 0.1) is 5.82 Å². The van der Waals surface area contributed by atoms with Gasteiger partial charge in [-0.25, -0.2) is 9.07 Å². The quantitative estimate of drug-likeness (QED) is 0.628. The zero-order valence-corrected chi connectivity index (χ0v) is 13.8. The molecule has 0 fully saturated rings. The molecule has 1 aromatic carbocycles. The van der Waals surface area contributed by atoms with Crippen LogP contribution in [-0.2, 0) is 12.8 Å². The number of para-hydroxylation sites is 1. The highest BCUT2D eigenvalue weighted by atomic mass is 19.1. The number of hydrazine groups is 1. The molecule has 2 aromatic heterocycles. The lowest BCUT2D eigenvalue weighted by Gasteiger charge is -2.07. The topological polar surface area (TPSA) is 91.8 Å². The summed E-state index contributed by atoms with van der Waals surface area (Å²) in [5.41, 5.74) is 7.16. The summed E-state index contributed by atoms with van der Waals surface area (Å²) in [6.07, 6.45) is 3.90. The van der Waals surface area contributed by atoms with Crippen LogP contribution in [0.3, 0.4) is 0 Å². The van der Waals surface area contributed by atoms with Gasteiger partial charge in [0, 0.05) is 17.5 Å². The number of H-pyrrole nitrogens is 1. The zero-order chi connectivity index (χ0) is 18.1. The van der Waals surface area contributed by atoms with Gasteiger partial charge in [0.05, 0.1) is 0 Å². The Hall–Kier alpha value is -3.42. The molecule has 0 aliphatic heterocycles. The minimum Gasteiger partial charge on any atom is -0.357 e. The molecule has 2 heterocycles. The van der Waals surface area contributed by atoms with E-state index in [-0.39, 0.29) is 5.69 Å². The molecule has 0 unspecified atom stereocenters. The monoisotopic (exact) mass is 353 g/mol. The molecule has 3 N–H and O–H groups in total. The van der Waals surface area contributed by atoms with Crippen molar-refractivity contribution in [3.05, 3.63) is 71.1 Å². The van der Waals surface area contributed by atoms with Gasteiger partial charge in [0.25, 0.3) is 11.8 Å². The van der Waals surface area contributed by atoms with Gasteiger partial charge in [-0.3, -0.25) is 20.4 Å². The molecule has 0 saturated heterocycles. The zero-order valence-electron chi connectivity index (χ0n) is 13.8. The molecular weight excluding hydrogens is 337 g/mol. The number of carbonyl (C=O) groups is 2. The van der Waals surface area contributed by atoms with Gasteiger partial charge in [-0.2, -0.15) is 5.10 Å². The molecular formula is C18H16FN5O2. The van der Waals surface area contributed by atoms with Crippen molar-refractivity contribution in [3.63, 3.8) is 0 Å². The lowest BCUT2D eigenvalue weighted by atomic mass is 10.2. The van der Waals surface area contributed by atoms with Gasteiger partial charge in [-0.1, -0.05) is 12.1 Å². The van der Waals surface area contributed by atoms with Crippen molar-refractivity contribution in [2.24, 2.45) is 0 Å². The number of rotatable bonds is 3. The number of hydrogen-bond donors (Lipinski definition) is 3. The number of nitrogens with zero attached hydrogens (tertiary/aromatic N) is 2. The standard InChI is InChI=1S/C18H16FN5O2/c19-12-6-1-2-8-15(12)24-14-9-3-5-11(14)16(23-24)18(26)22-21-17(25)13-7-4-10-20-13/h1-2,4,6-8,10,20H,3,5,9H2,(H,21,25)(H,22,26). The number of aromatic amines is 1. The van der Waals surface area contributed by atoms with Crippen molar-refractivity contribution in [1.29, 1.82) is 0 Å². The van der Waals surface area contributed by atoms with Crippen molar-refractivity contribution in [2.75, 3.05) is 0 Å². The SMILES string of the molecule is O=C(NNC(=O)c1nn(-c2ccccc2F)c2c1CCC2)c1ccc[nH]1. The van der Waals surface area contributed by atoms with E-state index < -0.39 is 17.6 Å². The Kier molecular flexibility index (Phi) is 4.00. The first-order valence-electron chi connectivity index (χ1n) is 8.25. The normalized spacial score (nSPS) is 12.7. The Balaban J connectivity index is 1.59. The molecule has 1 aliphatic carbocycles. The predicted molar refractivity (Wildman–Crippen MR) is 91.3 cm³/mol. The van der Waals surface area contributed by atoms with Gasteiger partial charge in [0.1, 0.15) is 17.2 Å². The molecule has 0 atom stereocenters. The van der Waals surface area contributed by atoms with Gasteiger partial charge < -0.3 is 4.98 Å². The van der Waals surface area contributed by atoms with Crippen LogP contribution < -0.4 is 10.9 Å². The number of carbonyl (C=O) groups excluding carboxylic acids is 2. The maximum Gasteiger partial charge on any atom is 0.290 e. The van der Waals surface area contributed by atoms with Gasteiger partial charge >= 0.3 is 0 Å². The highest BCUT2D eigenvalue weighted by Crippen LogP contribution is 2.28. The second kappa shape index (κ2) is 6.47. The molecule has 132 valence electrons. The maximum absolute atomic E-state index is 14.1. The summed E-state index contributed by atoms with van der Waals surface area (Å²) in [6.45, 7) is 0. The highest BCUT2D eigenvalue weighted by molar-refractivity contribution is 5.98. The molecule has 0 radical (unpaired) electrons. The van der Waals surface area contributed by atoms with Crippen LogP contribution in [-0.4, -0.2) is 26.6 Å². The van der Waals surface area contributed by atoms with Crippen molar-refractivity contribution < 1.29 is 14.0 Å². The average molecular weight is 353 g/mol. The van der Waals surface area contributed by atoms with Crippen LogP contribution in [0.4, 0.5) is 4.39 Å². The molecule has 2 amide bonds. The molecule has 26 heavy (non-hydrogen) atoms. The fourth-order valence-electron chi connectivity index (χ4n) is 3.15. The number of hydrogen-bond acceptors (Lipinski definition) is 3.